The number of methoxy groups -OCH3 is 1. The van der Waals surface area contributed by atoms with E-state index < -0.39 is 18.0 Å². The molecule has 0 spiro atoms. The van der Waals surface area contributed by atoms with Gasteiger partial charge in [-0.25, -0.2) is 9.69 Å². The number of urea groups is 1. The smallest absolute Gasteiger partial charge is 0.332 e. The highest BCUT2D eigenvalue weighted by Gasteiger charge is 2.46. The lowest BCUT2D eigenvalue weighted by atomic mass is 9.97. The van der Waals surface area contributed by atoms with Crippen LogP contribution in [0.15, 0.2) is 66.2 Å². The molecule has 7 heteroatoms. The molecule has 1 heterocycles. The van der Waals surface area contributed by atoms with Gasteiger partial charge in [-0.15, -0.1) is 0 Å². The molecule has 2 aliphatic rings. The van der Waals surface area contributed by atoms with Crippen molar-refractivity contribution in [1.82, 2.24) is 4.90 Å². The van der Waals surface area contributed by atoms with Crippen molar-refractivity contribution in [3.8, 4) is 5.75 Å². The van der Waals surface area contributed by atoms with Crippen molar-refractivity contribution in [3.63, 3.8) is 0 Å². The number of carbonyl (C=O) groups is 3. The summed E-state index contributed by atoms with van der Waals surface area (Å²) in [5, 5.41) is 2.82. The van der Waals surface area contributed by atoms with Crippen molar-refractivity contribution in [2.24, 2.45) is 0 Å². The van der Waals surface area contributed by atoms with E-state index in [2.05, 4.69) is 11.4 Å². The zero-order chi connectivity index (χ0) is 23.2. The van der Waals surface area contributed by atoms with Crippen LogP contribution in [-0.4, -0.2) is 42.4 Å². The largest absolute Gasteiger partial charge is 0.497 e. The number of amides is 4. The first kappa shape index (κ1) is 22.6. The summed E-state index contributed by atoms with van der Waals surface area (Å²) in [5.41, 5.74) is 2.41. The van der Waals surface area contributed by atoms with Gasteiger partial charge in [-0.1, -0.05) is 35.9 Å². The van der Waals surface area contributed by atoms with E-state index in [0.717, 1.165) is 24.2 Å². The van der Waals surface area contributed by atoms with Crippen molar-refractivity contribution < 1.29 is 19.1 Å². The van der Waals surface area contributed by atoms with Gasteiger partial charge in [-0.3, -0.25) is 9.59 Å². The third-order valence-electron chi connectivity index (χ3n) is 6.13. The first-order valence-electron chi connectivity index (χ1n) is 11.4. The second kappa shape index (κ2) is 10.3. The molecule has 0 bridgehead atoms. The summed E-state index contributed by atoms with van der Waals surface area (Å²) in [6.45, 7) is 0.403. The average Bonchev–Trinajstić information content (AvgIpc) is 3.07. The van der Waals surface area contributed by atoms with Crippen LogP contribution in [0.4, 0.5) is 16.2 Å². The fourth-order valence-electron chi connectivity index (χ4n) is 4.38. The molecule has 2 aromatic rings. The highest BCUT2D eigenvalue weighted by molar-refractivity contribution is 6.22. The standard InChI is InChI=1S/C26H29N3O4/c1-33-22-14-8-13-21(17-22)29-25(31)23(18-24(30)27-20-11-6-3-7-12-20)28(26(29)32)16-15-19-9-4-2-5-10-19/h3,6-9,11-14,17,23H,2,4-5,10,15-16,18H2,1H3,(H,27,30). The number of rotatable bonds is 8. The second-order valence-corrected chi connectivity index (χ2v) is 8.34. The highest BCUT2D eigenvalue weighted by Crippen LogP contribution is 2.30. The van der Waals surface area contributed by atoms with Gasteiger partial charge in [0.2, 0.25) is 5.91 Å². The van der Waals surface area contributed by atoms with E-state index in [1.807, 2.05) is 18.2 Å². The third kappa shape index (κ3) is 5.25. The van der Waals surface area contributed by atoms with Crippen molar-refractivity contribution in [3.05, 3.63) is 66.2 Å². The molecule has 172 valence electrons. The van der Waals surface area contributed by atoms with Gasteiger partial charge in [0.05, 0.1) is 19.2 Å². The maximum absolute atomic E-state index is 13.4. The summed E-state index contributed by atoms with van der Waals surface area (Å²) in [6, 6.07) is 14.7. The van der Waals surface area contributed by atoms with Gasteiger partial charge in [-0.05, 0) is 56.4 Å². The van der Waals surface area contributed by atoms with Gasteiger partial charge in [0, 0.05) is 18.3 Å². The minimum atomic E-state index is -0.850. The Morgan fingerprint density at radius 1 is 1.09 bits per heavy atom. The van der Waals surface area contributed by atoms with Crippen LogP contribution in [0.5, 0.6) is 5.75 Å². The highest BCUT2D eigenvalue weighted by atomic mass is 16.5. The number of imide groups is 1. The molecule has 1 saturated heterocycles. The Bertz CT molecular complexity index is 1050. The molecule has 33 heavy (non-hydrogen) atoms. The summed E-state index contributed by atoms with van der Waals surface area (Å²) in [7, 11) is 1.54. The zero-order valence-corrected chi connectivity index (χ0v) is 18.8. The Balaban J connectivity index is 1.55. The van der Waals surface area contributed by atoms with Gasteiger partial charge in [0.25, 0.3) is 5.91 Å². The van der Waals surface area contributed by atoms with E-state index in [9.17, 15) is 14.4 Å². The lowest BCUT2D eigenvalue weighted by Crippen LogP contribution is -2.38. The molecule has 4 rings (SSSR count). The van der Waals surface area contributed by atoms with Crippen LogP contribution in [-0.2, 0) is 9.59 Å². The van der Waals surface area contributed by atoms with Crippen molar-refractivity contribution >= 4 is 29.2 Å². The number of hydrogen-bond acceptors (Lipinski definition) is 4. The van der Waals surface area contributed by atoms with Crippen LogP contribution >= 0.6 is 0 Å². The normalized spacial score (nSPS) is 18.3. The number of benzene rings is 2. The number of nitrogens with one attached hydrogen (secondary N) is 1. The number of allylic oxidation sites excluding steroid dienone is 1. The number of para-hydroxylation sites is 1. The maximum Gasteiger partial charge on any atom is 0.332 e. The molecule has 0 radical (unpaired) electrons. The van der Waals surface area contributed by atoms with E-state index in [0.29, 0.717) is 30.1 Å². The Labute approximate surface area is 194 Å². The van der Waals surface area contributed by atoms with Crippen LogP contribution in [0.1, 0.15) is 38.5 Å². The molecule has 7 nitrogen and oxygen atoms in total. The SMILES string of the molecule is COc1cccc(N2C(=O)C(CC(=O)Nc3ccccc3)N(CCC3=CCCCC3)C2=O)c1. The van der Waals surface area contributed by atoms with Gasteiger partial charge in [-0.2, -0.15) is 0 Å². The van der Waals surface area contributed by atoms with Crippen LogP contribution in [0, 0.1) is 0 Å². The predicted molar refractivity (Wildman–Crippen MR) is 127 cm³/mol. The van der Waals surface area contributed by atoms with Crippen LogP contribution < -0.4 is 15.0 Å². The molecule has 1 aliphatic heterocycles. The fraction of sp³-hybridized carbons (Fsp3) is 0.346. The van der Waals surface area contributed by atoms with Crippen molar-refractivity contribution in [1.29, 1.82) is 0 Å². The summed E-state index contributed by atoms with van der Waals surface area (Å²) in [6.07, 6.45) is 7.27. The van der Waals surface area contributed by atoms with Gasteiger partial charge in [0.1, 0.15) is 11.8 Å². The van der Waals surface area contributed by atoms with Crippen LogP contribution in [0.25, 0.3) is 0 Å². The number of hydrogen-bond donors (Lipinski definition) is 1. The molecule has 2 aromatic carbocycles. The Morgan fingerprint density at radius 3 is 2.64 bits per heavy atom. The summed E-state index contributed by atoms with van der Waals surface area (Å²) >= 11 is 0. The van der Waals surface area contributed by atoms with Crippen LogP contribution in [0.3, 0.4) is 0 Å². The molecule has 0 aromatic heterocycles. The molecule has 1 aliphatic carbocycles. The number of anilines is 2. The van der Waals surface area contributed by atoms with Crippen LogP contribution in [0.2, 0.25) is 0 Å². The summed E-state index contributed by atoms with van der Waals surface area (Å²) < 4.78 is 5.26. The van der Waals surface area contributed by atoms with E-state index in [-0.39, 0.29) is 12.3 Å². The first-order valence-corrected chi connectivity index (χ1v) is 11.4. The topological polar surface area (TPSA) is 79.0 Å². The van der Waals surface area contributed by atoms with E-state index >= 15 is 0 Å². The van der Waals surface area contributed by atoms with Crippen molar-refractivity contribution in [2.75, 3.05) is 23.9 Å². The summed E-state index contributed by atoms with van der Waals surface area (Å²) in [5.74, 6) is -0.145. The molecule has 1 unspecified atom stereocenters. The molecular weight excluding hydrogens is 418 g/mol. The van der Waals surface area contributed by atoms with E-state index in [1.54, 1.807) is 41.3 Å². The lowest BCUT2D eigenvalue weighted by Gasteiger charge is -2.23. The van der Waals surface area contributed by atoms with E-state index in [4.69, 9.17) is 4.74 Å². The molecule has 0 saturated carbocycles. The zero-order valence-electron chi connectivity index (χ0n) is 18.8. The average molecular weight is 448 g/mol. The van der Waals surface area contributed by atoms with Gasteiger partial charge >= 0.3 is 6.03 Å². The number of nitrogens with zero attached hydrogens (tertiary/aromatic N) is 2. The minimum absolute atomic E-state index is 0.0982. The molecule has 1 fully saturated rings. The molecular formula is C26H29N3O4. The Morgan fingerprint density at radius 2 is 1.91 bits per heavy atom. The quantitative estimate of drug-likeness (QED) is 0.468. The summed E-state index contributed by atoms with van der Waals surface area (Å²) in [4.78, 5) is 42.2. The molecule has 1 atom stereocenters. The fourth-order valence-corrected chi connectivity index (χ4v) is 4.38. The first-order chi connectivity index (χ1) is 16.1. The molecule has 4 amide bonds. The van der Waals surface area contributed by atoms with Gasteiger partial charge < -0.3 is 15.0 Å². The Hall–Kier alpha value is -3.61. The van der Waals surface area contributed by atoms with Crippen molar-refractivity contribution in [2.45, 2.75) is 44.6 Å². The predicted octanol–water partition coefficient (Wildman–Crippen LogP) is 4.75. The number of carbonyl (C=O) groups excluding carboxylic acids is 3. The second-order valence-electron chi connectivity index (χ2n) is 8.34. The monoisotopic (exact) mass is 447 g/mol. The van der Waals surface area contributed by atoms with Gasteiger partial charge in [0.15, 0.2) is 0 Å². The van der Waals surface area contributed by atoms with E-state index in [1.165, 1.54) is 19.1 Å². The minimum Gasteiger partial charge on any atom is -0.497 e. The number of ether oxygens (including phenoxy) is 1. The third-order valence-corrected chi connectivity index (χ3v) is 6.13. The maximum atomic E-state index is 13.4. The lowest BCUT2D eigenvalue weighted by molar-refractivity contribution is -0.124. The Kier molecular flexibility index (Phi) is 7.07. The molecule has 1 N–H and O–H groups in total.